The number of ketones is 1. The number of carbonyl (C=O) groups is 3. The van der Waals surface area contributed by atoms with Gasteiger partial charge in [0.25, 0.3) is 5.91 Å². The summed E-state index contributed by atoms with van der Waals surface area (Å²) in [5.74, 6) is 0.262. The Morgan fingerprint density at radius 2 is 1.56 bits per heavy atom. The van der Waals surface area contributed by atoms with Crippen LogP contribution < -0.4 is 0 Å². The fraction of sp³-hybridized carbons (Fsp3) is 0.483. The van der Waals surface area contributed by atoms with Crippen LogP contribution in [0.3, 0.4) is 0 Å². The van der Waals surface area contributed by atoms with Crippen LogP contribution in [0.5, 0.6) is 0 Å². The van der Waals surface area contributed by atoms with E-state index in [1.165, 1.54) is 22.9 Å². The SMILES string of the molecule is CCC(C)(C)C(=O)C(=O)N1[C@@H]2CC[C@@H](C2)[C@@H]1C(=O)SCCC(c1ccccc1)c1ccccc1. The van der Waals surface area contributed by atoms with Crippen LogP contribution in [0.4, 0.5) is 0 Å². The van der Waals surface area contributed by atoms with Gasteiger partial charge in [-0.1, -0.05) is 93.2 Å². The molecule has 1 saturated carbocycles. The van der Waals surface area contributed by atoms with Crippen molar-refractivity contribution in [1.82, 2.24) is 4.90 Å². The molecule has 34 heavy (non-hydrogen) atoms. The molecule has 0 spiro atoms. The van der Waals surface area contributed by atoms with E-state index in [2.05, 4.69) is 48.5 Å². The number of Topliss-reactive ketones (excluding diaryl/α,β-unsaturated/α-hetero) is 1. The zero-order valence-electron chi connectivity index (χ0n) is 20.4. The van der Waals surface area contributed by atoms with Gasteiger partial charge < -0.3 is 4.90 Å². The van der Waals surface area contributed by atoms with Crippen LogP contribution in [0.2, 0.25) is 0 Å². The van der Waals surface area contributed by atoms with Gasteiger partial charge in [-0.15, -0.1) is 0 Å². The number of nitrogens with zero attached hydrogens (tertiary/aromatic N) is 1. The third-order valence-corrected chi connectivity index (χ3v) is 8.77. The molecule has 1 aliphatic carbocycles. The molecule has 3 atom stereocenters. The van der Waals surface area contributed by atoms with Gasteiger partial charge in [-0.25, -0.2) is 0 Å². The van der Waals surface area contributed by atoms with Crippen molar-refractivity contribution in [3.05, 3.63) is 71.8 Å². The third kappa shape index (κ3) is 5.00. The van der Waals surface area contributed by atoms with Gasteiger partial charge in [-0.3, -0.25) is 14.4 Å². The Morgan fingerprint density at radius 1 is 0.971 bits per heavy atom. The number of carbonyl (C=O) groups excluding carboxylic acids is 3. The normalized spacial score (nSPS) is 21.8. The molecule has 4 nitrogen and oxygen atoms in total. The summed E-state index contributed by atoms with van der Waals surface area (Å²) in [5, 5.41) is 0.0440. The van der Waals surface area contributed by atoms with Crippen molar-refractivity contribution in [2.45, 2.75) is 70.9 Å². The molecule has 0 radical (unpaired) electrons. The highest BCUT2D eigenvalue weighted by atomic mass is 32.2. The number of piperidine rings is 1. The molecule has 4 rings (SSSR count). The Labute approximate surface area is 207 Å². The molecule has 0 N–H and O–H groups in total. The lowest BCUT2D eigenvalue weighted by Crippen LogP contribution is -2.53. The van der Waals surface area contributed by atoms with Gasteiger partial charge in [-0.2, -0.15) is 0 Å². The second-order valence-corrected chi connectivity index (χ2v) is 11.4. The van der Waals surface area contributed by atoms with Gasteiger partial charge >= 0.3 is 0 Å². The highest BCUT2D eigenvalue weighted by Gasteiger charge is 2.53. The molecule has 1 heterocycles. The lowest BCUT2D eigenvalue weighted by molar-refractivity contribution is -0.153. The number of hydrogen-bond donors (Lipinski definition) is 0. The average molecular weight is 478 g/mol. The Morgan fingerprint density at radius 3 is 2.12 bits per heavy atom. The fourth-order valence-corrected chi connectivity index (χ4v) is 6.44. The molecule has 2 aliphatic rings. The molecular formula is C29H35NO3S. The van der Waals surface area contributed by atoms with Crippen molar-refractivity contribution < 1.29 is 14.4 Å². The first kappa shape index (κ1) is 24.7. The van der Waals surface area contributed by atoms with Gasteiger partial charge in [0.05, 0.1) is 0 Å². The Bertz CT molecular complexity index is 981. The predicted octanol–water partition coefficient (Wildman–Crippen LogP) is 5.85. The minimum Gasteiger partial charge on any atom is -0.322 e. The third-order valence-electron chi connectivity index (χ3n) is 7.81. The summed E-state index contributed by atoms with van der Waals surface area (Å²) >= 11 is 1.33. The number of benzene rings is 2. The molecule has 2 aromatic rings. The van der Waals surface area contributed by atoms with Gasteiger partial charge in [0, 0.05) is 23.1 Å². The zero-order chi connectivity index (χ0) is 24.3. The van der Waals surface area contributed by atoms with E-state index in [0.717, 1.165) is 25.7 Å². The van der Waals surface area contributed by atoms with E-state index >= 15 is 0 Å². The molecule has 5 heteroatoms. The van der Waals surface area contributed by atoms with E-state index in [1.807, 2.05) is 32.9 Å². The second-order valence-electron chi connectivity index (χ2n) is 10.3. The topological polar surface area (TPSA) is 54.5 Å². The summed E-state index contributed by atoms with van der Waals surface area (Å²) in [5.41, 5.74) is 1.79. The highest BCUT2D eigenvalue weighted by Crippen LogP contribution is 2.45. The minimum atomic E-state index is -0.696. The monoisotopic (exact) mass is 477 g/mol. The Balaban J connectivity index is 1.45. The smallest absolute Gasteiger partial charge is 0.291 e. The standard InChI is InChI=1S/C29H35NO3S/c1-4-29(2,3)26(31)27(32)30-23-16-15-22(19-23)25(30)28(33)34-18-17-24(20-11-7-5-8-12-20)21-13-9-6-10-14-21/h5-14,22-25H,4,15-19H2,1-3H3/t22-,23+,25+/m0/s1. The van der Waals surface area contributed by atoms with E-state index in [4.69, 9.17) is 0 Å². The van der Waals surface area contributed by atoms with Crippen LogP contribution in [0.15, 0.2) is 60.7 Å². The van der Waals surface area contributed by atoms with E-state index in [1.54, 1.807) is 4.90 Å². The summed E-state index contributed by atoms with van der Waals surface area (Å²) in [4.78, 5) is 41.2. The number of hydrogen-bond acceptors (Lipinski definition) is 4. The van der Waals surface area contributed by atoms with E-state index in [0.29, 0.717) is 12.2 Å². The van der Waals surface area contributed by atoms with Crippen molar-refractivity contribution in [1.29, 1.82) is 0 Å². The average Bonchev–Trinajstić information content (AvgIpc) is 3.49. The number of amides is 1. The first-order valence-electron chi connectivity index (χ1n) is 12.5. The first-order chi connectivity index (χ1) is 16.3. The predicted molar refractivity (Wildman–Crippen MR) is 138 cm³/mol. The van der Waals surface area contributed by atoms with Gasteiger partial charge in [-0.05, 0) is 49.1 Å². The van der Waals surface area contributed by atoms with Gasteiger partial charge in [0.15, 0.2) is 0 Å². The maximum absolute atomic E-state index is 13.4. The molecule has 2 aromatic carbocycles. The highest BCUT2D eigenvalue weighted by molar-refractivity contribution is 8.13. The molecule has 0 aromatic heterocycles. The fourth-order valence-electron chi connectivity index (χ4n) is 5.41. The number of likely N-dealkylation sites (tertiary alicyclic amines) is 1. The van der Waals surface area contributed by atoms with Crippen LogP contribution in [0.1, 0.15) is 69.9 Å². The molecule has 1 amide bonds. The number of thioether (sulfide) groups is 1. The van der Waals surface area contributed by atoms with Crippen LogP contribution >= 0.6 is 11.8 Å². The summed E-state index contributed by atoms with van der Waals surface area (Å²) in [6.45, 7) is 5.57. The van der Waals surface area contributed by atoms with E-state index in [-0.39, 0.29) is 28.8 Å². The Kier molecular flexibility index (Phi) is 7.61. The molecule has 2 fully saturated rings. The quantitative estimate of drug-likeness (QED) is 0.425. The molecular weight excluding hydrogens is 442 g/mol. The van der Waals surface area contributed by atoms with Gasteiger partial charge in [0.1, 0.15) is 6.04 Å². The maximum Gasteiger partial charge on any atom is 0.291 e. The minimum absolute atomic E-state index is 0.0324. The van der Waals surface area contributed by atoms with Crippen LogP contribution in [0, 0.1) is 11.3 Å². The lowest BCUT2D eigenvalue weighted by Gasteiger charge is -2.35. The van der Waals surface area contributed by atoms with Crippen molar-refractivity contribution in [2.24, 2.45) is 11.3 Å². The molecule has 180 valence electrons. The molecule has 1 saturated heterocycles. The second kappa shape index (κ2) is 10.5. The Hall–Kier alpha value is -2.40. The summed E-state index contributed by atoms with van der Waals surface area (Å²) in [6.07, 6.45) is 4.15. The van der Waals surface area contributed by atoms with Crippen LogP contribution in [0.25, 0.3) is 0 Å². The van der Waals surface area contributed by atoms with Crippen LogP contribution in [-0.4, -0.2) is 39.5 Å². The summed E-state index contributed by atoms with van der Waals surface area (Å²) < 4.78 is 0. The van der Waals surface area contributed by atoms with Crippen molar-refractivity contribution in [2.75, 3.05) is 5.75 Å². The van der Waals surface area contributed by atoms with Crippen molar-refractivity contribution in [3.8, 4) is 0 Å². The lowest BCUT2D eigenvalue weighted by atomic mass is 9.84. The largest absolute Gasteiger partial charge is 0.322 e. The number of fused-ring (bicyclic) bond motifs is 2. The molecule has 2 bridgehead atoms. The zero-order valence-corrected chi connectivity index (χ0v) is 21.2. The van der Waals surface area contributed by atoms with Crippen molar-refractivity contribution in [3.63, 3.8) is 0 Å². The van der Waals surface area contributed by atoms with Crippen LogP contribution in [-0.2, 0) is 14.4 Å². The number of rotatable bonds is 9. The summed E-state index contributed by atoms with van der Waals surface area (Å²) in [6, 6.07) is 20.4. The van der Waals surface area contributed by atoms with Gasteiger partial charge in [0.2, 0.25) is 10.9 Å². The molecule has 0 unspecified atom stereocenters. The molecule has 1 aliphatic heterocycles. The summed E-state index contributed by atoms with van der Waals surface area (Å²) in [7, 11) is 0. The maximum atomic E-state index is 13.4. The van der Waals surface area contributed by atoms with E-state index < -0.39 is 17.4 Å². The van der Waals surface area contributed by atoms with Crippen molar-refractivity contribution >= 4 is 28.6 Å². The first-order valence-corrected chi connectivity index (χ1v) is 13.5. The van der Waals surface area contributed by atoms with E-state index in [9.17, 15) is 14.4 Å².